The van der Waals surface area contributed by atoms with Crippen LogP contribution in [0, 0.1) is 5.92 Å². The van der Waals surface area contributed by atoms with Crippen molar-refractivity contribution >= 4 is 0 Å². The topological polar surface area (TPSA) is 36.9 Å². The molecule has 2 aromatic rings. The largest absolute Gasteiger partial charge is 0.493 e. The Kier molecular flexibility index (Phi) is 4.14. The first-order valence-corrected chi connectivity index (χ1v) is 11.1. The van der Waals surface area contributed by atoms with Crippen LogP contribution in [0.15, 0.2) is 24.3 Å². The van der Waals surface area contributed by atoms with E-state index in [0.29, 0.717) is 24.7 Å². The van der Waals surface area contributed by atoms with E-state index >= 15 is 0 Å². The summed E-state index contributed by atoms with van der Waals surface area (Å²) in [7, 11) is 1.76. The minimum absolute atomic E-state index is 0.344. The second-order valence-electron chi connectivity index (χ2n) is 8.98. The molecule has 1 heterocycles. The van der Waals surface area contributed by atoms with Crippen molar-refractivity contribution < 1.29 is 18.9 Å². The molecule has 4 heteroatoms. The number of hydrogen-bond acceptors (Lipinski definition) is 4. The normalized spacial score (nSPS) is 24.6. The number of methoxy groups -OCH3 is 1. The van der Waals surface area contributed by atoms with Crippen LogP contribution >= 0.6 is 0 Å². The summed E-state index contributed by atoms with van der Waals surface area (Å²) in [6, 6.07) is 8.82. The summed E-state index contributed by atoms with van der Waals surface area (Å²) < 4.78 is 23.5. The molecule has 2 unspecified atom stereocenters. The Bertz CT molecular complexity index is 944. The average molecular weight is 392 g/mol. The van der Waals surface area contributed by atoms with Crippen molar-refractivity contribution in [1.82, 2.24) is 0 Å². The number of benzene rings is 2. The summed E-state index contributed by atoms with van der Waals surface area (Å²) in [5.41, 5.74) is 5.72. The van der Waals surface area contributed by atoms with Gasteiger partial charge in [0.2, 0.25) is 6.79 Å². The smallest absolute Gasteiger partial charge is 0.231 e. The van der Waals surface area contributed by atoms with Crippen LogP contribution in [0.5, 0.6) is 23.0 Å². The van der Waals surface area contributed by atoms with Gasteiger partial charge < -0.3 is 18.9 Å². The molecule has 0 radical (unpaired) electrons. The van der Waals surface area contributed by atoms with E-state index in [1.165, 1.54) is 54.4 Å². The number of ether oxygens (including phenoxy) is 4. The Balaban J connectivity index is 1.37. The first-order valence-electron chi connectivity index (χ1n) is 11.1. The van der Waals surface area contributed by atoms with Crippen LogP contribution in [0.1, 0.15) is 60.3 Å². The highest BCUT2D eigenvalue weighted by Gasteiger charge is 2.37. The standard InChI is InChI=1S/C25H28O4/c1-26-22-9-8-16-10-19-15(11-21(16)25(22)29-18-4-2-3-5-18)6-7-17-12-23-24(13-20(17)19)28-14-27-23/h8-9,12-13,15,18-19H,2-7,10-11,14H2,1H3. The van der Waals surface area contributed by atoms with Gasteiger partial charge in [0, 0.05) is 5.56 Å². The molecule has 0 N–H and O–H groups in total. The minimum atomic E-state index is 0.344. The molecule has 4 aliphatic rings. The molecule has 4 nitrogen and oxygen atoms in total. The summed E-state index contributed by atoms with van der Waals surface area (Å²) in [4.78, 5) is 0. The molecule has 0 aromatic heterocycles. The van der Waals surface area contributed by atoms with E-state index in [2.05, 4.69) is 24.3 Å². The third-order valence-electron chi connectivity index (χ3n) is 7.42. The number of hydrogen-bond donors (Lipinski definition) is 0. The quantitative estimate of drug-likeness (QED) is 0.720. The molecule has 2 aromatic carbocycles. The van der Waals surface area contributed by atoms with Crippen LogP contribution in [-0.4, -0.2) is 20.0 Å². The fraction of sp³-hybridized carbons (Fsp3) is 0.520. The van der Waals surface area contributed by atoms with Crippen LogP contribution in [-0.2, 0) is 19.3 Å². The molecule has 3 aliphatic carbocycles. The van der Waals surface area contributed by atoms with Crippen LogP contribution in [0.4, 0.5) is 0 Å². The summed E-state index contributed by atoms with van der Waals surface area (Å²) in [6.45, 7) is 0.344. The highest BCUT2D eigenvalue weighted by molar-refractivity contribution is 5.56. The lowest BCUT2D eigenvalue weighted by atomic mass is 9.66. The molecule has 1 fully saturated rings. The molecule has 2 atom stereocenters. The highest BCUT2D eigenvalue weighted by Crippen LogP contribution is 2.50. The van der Waals surface area contributed by atoms with Gasteiger partial charge in [-0.15, -0.1) is 0 Å². The summed E-state index contributed by atoms with van der Waals surface area (Å²) in [5, 5.41) is 0. The monoisotopic (exact) mass is 392 g/mol. The van der Waals surface area contributed by atoms with Gasteiger partial charge in [0.25, 0.3) is 0 Å². The van der Waals surface area contributed by atoms with Crippen LogP contribution < -0.4 is 18.9 Å². The van der Waals surface area contributed by atoms with E-state index in [0.717, 1.165) is 42.3 Å². The van der Waals surface area contributed by atoms with Gasteiger partial charge in [-0.3, -0.25) is 0 Å². The molecular weight excluding hydrogens is 364 g/mol. The van der Waals surface area contributed by atoms with Crippen LogP contribution in [0.3, 0.4) is 0 Å². The van der Waals surface area contributed by atoms with Gasteiger partial charge in [-0.05, 0) is 98.1 Å². The Morgan fingerprint density at radius 2 is 1.76 bits per heavy atom. The predicted molar refractivity (Wildman–Crippen MR) is 110 cm³/mol. The first kappa shape index (κ1) is 17.5. The van der Waals surface area contributed by atoms with Gasteiger partial charge in [-0.2, -0.15) is 0 Å². The second kappa shape index (κ2) is 6.86. The number of rotatable bonds is 3. The summed E-state index contributed by atoms with van der Waals surface area (Å²) in [5.74, 6) is 4.94. The Morgan fingerprint density at radius 1 is 0.931 bits per heavy atom. The molecule has 1 aliphatic heterocycles. The van der Waals surface area contributed by atoms with E-state index < -0.39 is 0 Å². The molecule has 6 rings (SSSR count). The lowest BCUT2D eigenvalue weighted by molar-refractivity contribution is 0.174. The van der Waals surface area contributed by atoms with Crippen molar-refractivity contribution in [2.45, 2.75) is 63.4 Å². The maximum Gasteiger partial charge on any atom is 0.231 e. The molecule has 0 amide bonds. The van der Waals surface area contributed by atoms with Crippen molar-refractivity contribution in [2.75, 3.05) is 13.9 Å². The lowest BCUT2D eigenvalue weighted by Gasteiger charge is -2.39. The van der Waals surface area contributed by atoms with Crippen molar-refractivity contribution in [3.63, 3.8) is 0 Å². The highest BCUT2D eigenvalue weighted by atomic mass is 16.7. The third-order valence-corrected chi connectivity index (χ3v) is 7.42. The van der Waals surface area contributed by atoms with Crippen molar-refractivity contribution in [2.24, 2.45) is 5.92 Å². The van der Waals surface area contributed by atoms with Gasteiger partial charge in [0.15, 0.2) is 23.0 Å². The molecule has 152 valence electrons. The fourth-order valence-corrected chi connectivity index (χ4v) is 5.90. The first-order chi connectivity index (χ1) is 14.3. The third kappa shape index (κ3) is 2.87. The maximum absolute atomic E-state index is 6.54. The Morgan fingerprint density at radius 3 is 2.59 bits per heavy atom. The van der Waals surface area contributed by atoms with E-state index in [1.807, 2.05) is 0 Å². The number of aryl methyl sites for hydroxylation is 1. The lowest BCUT2D eigenvalue weighted by Crippen LogP contribution is -2.29. The maximum atomic E-state index is 6.54. The van der Waals surface area contributed by atoms with E-state index in [4.69, 9.17) is 18.9 Å². The van der Waals surface area contributed by atoms with Crippen molar-refractivity contribution in [3.05, 3.63) is 46.5 Å². The molecule has 1 saturated carbocycles. The van der Waals surface area contributed by atoms with E-state index in [1.54, 1.807) is 7.11 Å². The van der Waals surface area contributed by atoms with Crippen LogP contribution in [0.25, 0.3) is 0 Å². The van der Waals surface area contributed by atoms with E-state index in [-0.39, 0.29) is 0 Å². The van der Waals surface area contributed by atoms with Crippen molar-refractivity contribution in [1.29, 1.82) is 0 Å². The molecule has 0 saturated heterocycles. The zero-order chi connectivity index (χ0) is 19.4. The average Bonchev–Trinajstić information content (AvgIpc) is 3.42. The summed E-state index contributed by atoms with van der Waals surface area (Å²) in [6.07, 6.45) is 9.71. The molecule has 29 heavy (non-hydrogen) atoms. The zero-order valence-electron chi connectivity index (χ0n) is 17.0. The predicted octanol–water partition coefficient (Wildman–Crippen LogP) is 5.19. The van der Waals surface area contributed by atoms with Gasteiger partial charge >= 0.3 is 0 Å². The SMILES string of the molecule is COc1ccc2c(c1OC1CCCC1)CC1CCc3cc4c(cc3C1C2)OCO4. The number of fused-ring (bicyclic) bond motifs is 5. The van der Waals surface area contributed by atoms with Gasteiger partial charge in [0.05, 0.1) is 13.2 Å². The minimum Gasteiger partial charge on any atom is -0.493 e. The van der Waals surface area contributed by atoms with Crippen LogP contribution in [0.2, 0.25) is 0 Å². The van der Waals surface area contributed by atoms with Gasteiger partial charge in [-0.1, -0.05) is 6.07 Å². The van der Waals surface area contributed by atoms with E-state index in [9.17, 15) is 0 Å². The summed E-state index contributed by atoms with van der Waals surface area (Å²) >= 11 is 0. The molecular formula is C25H28O4. The Hall–Kier alpha value is -2.36. The second-order valence-corrected chi connectivity index (χ2v) is 8.98. The molecule has 0 bridgehead atoms. The zero-order valence-corrected chi connectivity index (χ0v) is 17.0. The van der Waals surface area contributed by atoms with Gasteiger partial charge in [-0.25, -0.2) is 0 Å². The molecule has 0 spiro atoms. The van der Waals surface area contributed by atoms with Crippen molar-refractivity contribution in [3.8, 4) is 23.0 Å². The van der Waals surface area contributed by atoms with Gasteiger partial charge in [0.1, 0.15) is 0 Å². The Labute approximate surface area is 172 Å². The fourth-order valence-electron chi connectivity index (χ4n) is 5.90.